The molecule has 0 bridgehead atoms. The SMILES string of the molecule is CNC(=O)C(C)n1cc(C(C)O)nn1. The van der Waals surface area contributed by atoms with Gasteiger partial charge in [-0.25, -0.2) is 4.68 Å². The first-order valence-corrected chi connectivity index (χ1v) is 4.37. The maximum Gasteiger partial charge on any atom is 0.244 e. The predicted octanol–water partition coefficient (Wildman–Crippen LogP) is -0.362. The third kappa shape index (κ3) is 2.08. The van der Waals surface area contributed by atoms with Crippen molar-refractivity contribution in [2.75, 3.05) is 7.05 Å². The highest BCUT2D eigenvalue weighted by atomic mass is 16.3. The Labute approximate surface area is 81.9 Å². The molecule has 2 unspecified atom stereocenters. The van der Waals surface area contributed by atoms with Crippen LogP contribution >= 0.6 is 0 Å². The number of carbonyl (C=O) groups excluding carboxylic acids is 1. The number of carbonyl (C=O) groups is 1. The zero-order valence-corrected chi connectivity index (χ0v) is 8.43. The standard InChI is InChI=1S/C8H14N4O2/c1-5(8(14)9-3)12-4-7(6(2)13)10-11-12/h4-6,13H,1-3H3,(H,9,14). The van der Waals surface area contributed by atoms with E-state index in [0.717, 1.165) is 0 Å². The summed E-state index contributed by atoms with van der Waals surface area (Å²) < 4.78 is 1.42. The van der Waals surface area contributed by atoms with E-state index in [-0.39, 0.29) is 5.91 Å². The van der Waals surface area contributed by atoms with Crippen LogP contribution in [0, 0.1) is 0 Å². The van der Waals surface area contributed by atoms with Gasteiger partial charge >= 0.3 is 0 Å². The molecule has 1 rings (SSSR count). The molecule has 1 aromatic rings. The van der Waals surface area contributed by atoms with Gasteiger partial charge in [0.2, 0.25) is 5.91 Å². The van der Waals surface area contributed by atoms with Gasteiger partial charge in [-0.2, -0.15) is 0 Å². The van der Waals surface area contributed by atoms with Crippen molar-refractivity contribution < 1.29 is 9.90 Å². The Bertz CT molecular complexity index is 321. The van der Waals surface area contributed by atoms with Crippen molar-refractivity contribution in [3.63, 3.8) is 0 Å². The predicted molar refractivity (Wildman–Crippen MR) is 49.4 cm³/mol. The maximum atomic E-state index is 11.2. The molecule has 0 aromatic carbocycles. The first kappa shape index (κ1) is 10.6. The van der Waals surface area contributed by atoms with Crippen LogP contribution in [0.25, 0.3) is 0 Å². The van der Waals surface area contributed by atoms with Crippen LogP contribution in [0.2, 0.25) is 0 Å². The number of hydrogen-bond donors (Lipinski definition) is 2. The van der Waals surface area contributed by atoms with E-state index in [9.17, 15) is 9.90 Å². The zero-order valence-electron chi connectivity index (χ0n) is 8.43. The topological polar surface area (TPSA) is 80.0 Å². The summed E-state index contributed by atoms with van der Waals surface area (Å²) >= 11 is 0. The van der Waals surface area contributed by atoms with Gasteiger partial charge in [0.1, 0.15) is 11.7 Å². The summed E-state index contributed by atoms with van der Waals surface area (Å²) in [7, 11) is 1.56. The van der Waals surface area contributed by atoms with Crippen LogP contribution in [0.1, 0.15) is 31.7 Å². The number of nitrogens with one attached hydrogen (secondary N) is 1. The van der Waals surface area contributed by atoms with Gasteiger partial charge < -0.3 is 10.4 Å². The summed E-state index contributed by atoms with van der Waals surface area (Å²) in [6, 6.07) is -0.417. The highest BCUT2D eigenvalue weighted by Crippen LogP contribution is 2.10. The van der Waals surface area contributed by atoms with Crippen LogP contribution < -0.4 is 5.32 Å². The van der Waals surface area contributed by atoms with E-state index in [1.807, 2.05) is 0 Å². The van der Waals surface area contributed by atoms with E-state index in [1.165, 1.54) is 4.68 Å². The number of aliphatic hydroxyl groups excluding tert-OH is 1. The molecular weight excluding hydrogens is 184 g/mol. The summed E-state index contributed by atoms with van der Waals surface area (Å²) in [6.45, 7) is 3.30. The van der Waals surface area contributed by atoms with Gasteiger partial charge in [0.25, 0.3) is 0 Å². The lowest BCUT2D eigenvalue weighted by molar-refractivity contribution is -0.123. The fourth-order valence-corrected chi connectivity index (χ4v) is 1.00. The second-order valence-electron chi connectivity index (χ2n) is 3.09. The first-order chi connectivity index (χ1) is 6.56. The average molecular weight is 198 g/mol. The molecule has 0 saturated carbocycles. The zero-order chi connectivity index (χ0) is 10.7. The van der Waals surface area contributed by atoms with Gasteiger partial charge in [-0.1, -0.05) is 5.21 Å². The van der Waals surface area contributed by atoms with Gasteiger partial charge in [0.05, 0.1) is 12.3 Å². The average Bonchev–Trinajstić information content (AvgIpc) is 2.64. The molecule has 0 radical (unpaired) electrons. The van der Waals surface area contributed by atoms with Crippen LogP contribution in [0.3, 0.4) is 0 Å². The lowest BCUT2D eigenvalue weighted by Crippen LogP contribution is -2.28. The third-order valence-electron chi connectivity index (χ3n) is 1.98. The summed E-state index contributed by atoms with van der Waals surface area (Å²) in [5.41, 5.74) is 0.459. The van der Waals surface area contributed by atoms with Crippen LogP contribution in [0.5, 0.6) is 0 Å². The fourth-order valence-electron chi connectivity index (χ4n) is 1.00. The number of rotatable bonds is 3. The van der Waals surface area contributed by atoms with Crippen molar-refractivity contribution in [2.45, 2.75) is 26.0 Å². The van der Waals surface area contributed by atoms with Gasteiger partial charge in [-0.3, -0.25) is 4.79 Å². The van der Waals surface area contributed by atoms with Crippen molar-refractivity contribution in [2.24, 2.45) is 0 Å². The van der Waals surface area contributed by atoms with E-state index in [0.29, 0.717) is 5.69 Å². The molecule has 6 nitrogen and oxygen atoms in total. The monoisotopic (exact) mass is 198 g/mol. The Kier molecular flexibility index (Phi) is 3.19. The molecule has 0 spiro atoms. The smallest absolute Gasteiger partial charge is 0.244 e. The molecule has 2 N–H and O–H groups in total. The summed E-state index contributed by atoms with van der Waals surface area (Å²) in [5.74, 6) is -0.146. The fraction of sp³-hybridized carbons (Fsp3) is 0.625. The number of likely N-dealkylation sites (N-methyl/N-ethyl adjacent to an activating group) is 1. The molecule has 0 aliphatic heterocycles. The molecule has 1 amide bonds. The van der Waals surface area contributed by atoms with E-state index >= 15 is 0 Å². The number of aromatic nitrogens is 3. The maximum absolute atomic E-state index is 11.2. The number of aliphatic hydroxyl groups is 1. The first-order valence-electron chi connectivity index (χ1n) is 4.37. The molecular formula is C8H14N4O2. The summed E-state index contributed by atoms with van der Waals surface area (Å²) in [6.07, 6.45) is 0.894. The van der Waals surface area contributed by atoms with Gasteiger partial charge in [-0.05, 0) is 13.8 Å². The van der Waals surface area contributed by atoms with Gasteiger partial charge in [0, 0.05) is 7.05 Å². The van der Waals surface area contributed by atoms with Crippen molar-refractivity contribution in [1.29, 1.82) is 0 Å². The molecule has 0 fully saturated rings. The van der Waals surface area contributed by atoms with Gasteiger partial charge in [0.15, 0.2) is 0 Å². The second-order valence-corrected chi connectivity index (χ2v) is 3.09. The molecule has 78 valence electrons. The summed E-state index contributed by atoms with van der Waals surface area (Å²) in [4.78, 5) is 11.2. The quantitative estimate of drug-likeness (QED) is 0.695. The lowest BCUT2D eigenvalue weighted by Gasteiger charge is -2.08. The van der Waals surface area contributed by atoms with Crippen molar-refractivity contribution in [1.82, 2.24) is 20.3 Å². The van der Waals surface area contributed by atoms with E-state index in [4.69, 9.17) is 0 Å². The number of nitrogens with zero attached hydrogens (tertiary/aromatic N) is 3. The Morgan fingerprint density at radius 1 is 1.64 bits per heavy atom. The Morgan fingerprint density at radius 3 is 2.71 bits per heavy atom. The third-order valence-corrected chi connectivity index (χ3v) is 1.98. The largest absolute Gasteiger partial charge is 0.387 e. The lowest BCUT2D eigenvalue weighted by atomic mass is 10.3. The highest BCUT2D eigenvalue weighted by molar-refractivity contribution is 5.79. The molecule has 6 heteroatoms. The molecule has 0 aliphatic carbocycles. The van der Waals surface area contributed by atoms with Crippen molar-refractivity contribution >= 4 is 5.91 Å². The molecule has 0 saturated heterocycles. The highest BCUT2D eigenvalue weighted by Gasteiger charge is 2.16. The molecule has 14 heavy (non-hydrogen) atoms. The van der Waals surface area contributed by atoms with E-state index in [1.54, 1.807) is 27.1 Å². The molecule has 1 heterocycles. The normalized spacial score (nSPS) is 14.9. The number of amides is 1. The Hall–Kier alpha value is -1.43. The molecule has 1 aromatic heterocycles. The van der Waals surface area contributed by atoms with Crippen LogP contribution in [-0.4, -0.2) is 33.1 Å². The van der Waals surface area contributed by atoms with Crippen LogP contribution in [0.15, 0.2) is 6.20 Å². The number of hydrogen-bond acceptors (Lipinski definition) is 4. The minimum atomic E-state index is -0.666. The minimum absolute atomic E-state index is 0.146. The van der Waals surface area contributed by atoms with Gasteiger partial charge in [-0.15, -0.1) is 5.10 Å². The van der Waals surface area contributed by atoms with E-state index in [2.05, 4.69) is 15.6 Å². The Balaban J connectivity index is 2.81. The van der Waals surface area contributed by atoms with Crippen molar-refractivity contribution in [3.05, 3.63) is 11.9 Å². The minimum Gasteiger partial charge on any atom is -0.387 e. The second kappa shape index (κ2) is 4.19. The summed E-state index contributed by atoms with van der Waals surface area (Å²) in [5, 5.41) is 19.2. The van der Waals surface area contributed by atoms with Crippen LogP contribution in [0.4, 0.5) is 0 Å². The Morgan fingerprint density at radius 2 is 2.29 bits per heavy atom. The molecule has 2 atom stereocenters. The van der Waals surface area contributed by atoms with Crippen LogP contribution in [-0.2, 0) is 4.79 Å². The van der Waals surface area contributed by atoms with Crippen molar-refractivity contribution in [3.8, 4) is 0 Å². The molecule has 0 aliphatic rings. The van der Waals surface area contributed by atoms with E-state index < -0.39 is 12.1 Å².